The standard InChI is InChI=1S/C23H27FN2O4/c1-15(2)13-30-23(28)26-20(11-12-21(26)22(25)27)16-7-9-18(10-8-16)29-14-17-5-3-4-6-19(17)24/h3-10,15,20-21H,11-14H2,1-2H3,(H2,25,27)/t20-,21+/m1/s1. The number of benzene rings is 2. The number of hydrogen-bond donors (Lipinski definition) is 1. The molecule has 2 aromatic rings. The maximum atomic E-state index is 13.7. The number of amides is 2. The van der Waals surface area contributed by atoms with Crippen LogP contribution >= 0.6 is 0 Å². The van der Waals surface area contributed by atoms with Crippen molar-refractivity contribution in [2.24, 2.45) is 11.7 Å². The topological polar surface area (TPSA) is 81.9 Å². The van der Waals surface area contributed by atoms with Crippen LogP contribution in [0.5, 0.6) is 5.75 Å². The molecule has 160 valence electrons. The Balaban J connectivity index is 1.70. The molecule has 2 aromatic carbocycles. The second-order valence-corrected chi connectivity index (χ2v) is 7.84. The highest BCUT2D eigenvalue weighted by molar-refractivity contribution is 5.85. The van der Waals surface area contributed by atoms with Crippen molar-refractivity contribution >= 4 is 12.0 Å². The molecule has 2 N–H and O–H groups in total. The molecule has 0 aromatic heterocycles. The van der Waals surface area contributed by atoms with Crippen molar-refractivity contribution in [3.63, 3.8) is 0 Å². The molecule has 3 rings (SSSR count). The van der Waals surface area contributed by atoms with E-state index in [9.17, 15) is 14.0 Å². The summed E-state index contributed by atoms with van der Waals surface area (Å²) < 4.78 is 24.8. The molecule has 1 aliphatic rings. The van der Waals surface area contributed by atoms with Gasteiger partial charge in [-0.15, -0.1) is 0 Å². The van der Waals surface area contributed by atoms with Crippen LogP contribution in [0.4, 0.5) is 9.18 Å². The van der Waals surface area contributed by atoms with Crippen LogP contribution in [0, 0.1) is 11.7 Å². The summed E-state index contributed by atoms with van der Waals surface area (Å²) in [6.07, 6.45) is 0.567. The van der Waals surface area contributed by atoms with Crippen LogP contribution in [0.15, 0.2) is 48.5 Å². The average Bonchev–Trinajstić information content (AvgIpc) is 3.17. The van der Waals surface area contributed by atoms with Gasteiger partial charge in [0.2, 0.25) is 5.91 Å². The first-order valence-corrected chi connectivity index (χ1v) is 10.1. The number of carbonyl (C=O) groups is 2. The number of rotatable bonds is 7. The minimum absolute atomic E-state index is 0.118. The molecule has 0 unspecified atom stereocenters. The number of primary amides is 1. The molecule has 0 radical (unpaired) electrons. The first-order chi connectivity index (χ1) is 14.4. The van der Waals surface area contributed by atoms with E-state index in [-0.39, 0.29) is 31.0 Å². The Hall–Kier alpha value is -3.09. The average molecular weight is 414 g/mol. The van der Waals surface area contributed by atoms with Gasteiger partial charge in [0.05, 0.1) is 12.6 Å². The largest absolute Gasteiger partial charge is 0.489 e. The Bertz CT molecular complexity index is 885. The van der Waals surface area contributed by atoms with Crippen LogP contribution in [0.1, 0.15) is 43.9 Å². The number of nitrogens with two attached hydrogens (primary N) is 1. The number of ether oxygens (including phenoxy) is 2. The van der Waals surface area contributed by atoms with E-state index >= 15 is 0 Å². The summed E-state index contributed by atoms with van der Waals surface area (Å²) in [7, 11) is 0. The maximum Gasteiger partial charge on any atom is 0.410 e. The van der Waals surface area contributed by atoms with E-state index in [0.717, 1.165) is 5.56 Å². The third kappa shape index (κ3) is 5.09. The van der Waals surface area contributed by atoms with Crippen LogP contribution in [-0.2, 0) is 16.1 Å². The highest BCUT2D eigenvalue weighted by Crippen LogP contribution is 2.37. The lowest BCUT2D eigenvalue weighted by molar-refractivity contribution is -0.122. The predicted molar refractivity (Wildman–Crippen MR) is 110 cm³/mol. The van der Waals surface area contributed by atoms with Crippen molar-refractivity contribution in [1.82, 2.24) is 4.90 Å². The molecule has 0 saturated carbocycles. The SMILES string of the molecule is CC(C)COC(=O)N1[C@@H](c2ccc(OCc3ccccc3F)cc2)CC[C@H]1C(N)=O. The smallest absolute Gasteiger partial charge is 0.410 e. The van der Waals surface area contributed by atoms with Gasteiger partial charge in [-0.25, -0.2) is 9.18 Å². The summed E-state index contributed by atoms with van der Waals surface area (Å²) in [5.41, 5.74) is 6.85. The number of nitrogens with zero attached hydrogens (tertiary/aromatic N) is 1. The fraction of sp³-hybridized carbons (Fsp3) is 0.391. The Morgan fingerprint density at radius 3 is 2.47 bits per heavy atom. The van der Waals surface area contributed by atoms with Gasteiger partial charge >= 0.3 is 6.09 Å². The van der Waals surface area contributed by atoms with Crippen LogP contribution in [0.3, 0.4) is 0 Å². The first kappa shape index (κ1) is 21.6. The van der Waals surface area contributed by atoms with Crippen molar-refractivity contribution in [3.8, 4) is 5.75 Å². The second kappa shape index (κ2) is 9.61. The highest BCUT2D eigenvalue weighted by Gasteiger charge is 2.41. The quantitative estimate of drug-likeness (QED) is 0.737. The molecule has 7 heteroatoms. The van der Waals surface area contributed by atoms with Gasteiger partial charge in [0, 0.05) is 5.56 Å². The van der Waals surface area contributed by atoms with Gasteiger partial charge in [-0.3, -0.25) is 9.69 Å². The van der Waals surface area contributed by atoms with E-state index in [1.807, 2.05) is 26.0 Å². The van der Waals surface area contributed by atoms with Crippen molar-refractivity contribution in [2.45, 2.75) is 45.4 Å². The fourth-order valence-corrected chi connectivity index (χ4v) is 3.55. The fourth-order valence-electron chi connectivity index (χ4n) is 3.55. The van der Waals surface area contributed by atoms with Crippen LogP contribution in [0.25, 0.3) is 0 Å². The zero-order valence-corrected chi connectivity index (χ0v) is 17.2. The van der Waals surface area contributed by atoms with Crippen molar-refractivity contribution in [1.29, 1.82) is 0 Å². The number of carbonyl (C=O) groups excluding carboxylic acids is 2. The Kier molecular flexibility index (Phi) is 6.92. The van der Waals surface area contributed by atoms with E-state index in [2.05, 4.69) is 0 Å². The summed E-state index contributed by atoms with van der Waals surface area (Å²) >= 11 is 0. The molecule has 1 saturated heterocycles. The van der Waals surface area contributed by atoms with E-state index in [0.29, 0.717) is 24.2 Å². The molecular weight excluding hydrogens is 387 g/mol. The zero-order valence-electron chi connectivity index (χ0n) is 17.2. The molecule has 1 aliphatic heterocycles. The van der Waals surface area contributed by atoms with E-state index in [1.54, 1.807) is 30.3 Å². The number of likely N-dealkylation sites (tertiary alicyclic amines) is 1. The van der Waals surface area contributed by atoms with Gasteiger partial charge in [0.15, 0.2) is 0 Å². The molecular formula is C23H27FN2O4. The molecule has 30 heavy (non-hydrogen) atoms. The summed E-state index contributed by atoms with van der Waals surface area (Å²) in [5, 5.41) is 0. The van der Waals surface area contributed by atoms with Crippen LogP contribution in [-0.4, -0.2) is 29.5 Å². The Morgan fingerprint density at radius 2 is 1.83 bits per heavy atom. The molecule has 1 heterocycles. The van der Waals surface area contributed by atoms with E-state index < -0.39 is 18.0 Å². The van der Waals surface area contributed by atoms with Gasteiger partial charge in [0.1, 0.15) is 24.2 Å². The monoisotopic (exact) mass is 414 g/mol. The molecule has 6 nitrogen and oxygen atoms in total. The van der Waals surface area contributed by atoms with Crippen molar-refractivity contribution in [3.05, 3.63) is 65.5 Å². The maximum absolute atomic E-state index is 13.7. The van der Waals surface area contributed by atoms with Gasteiger partial charge in [-0.05, 0) is 42.5 Å². The zero-order chi connectivity index (χ0) is 21.7. The lowest BCUT2D eigenvalue weighted by atomic mass is 10.0. The molecule has 1 fully saturated rings. The molecule has 0 aliphatic carbocycles. The van der Waals surface area contributed by atoms with Crippen LogP contribution in [0.2, 0.25) is 0 Å². The lowest BCUT2D eigenvalue weighted by Crippen LogP contribution is -2.45. The summed E-state index contributed by atoms with van der Waals surface area (Å²) in [6.45, 7) is 4.28. The third-order valence-electron chi connectivity index (χ3n) is 5.08. The molecule has 0 spiro atoms. The highest BCUT2D eigenvalue weighted by atomic mass is 19.1. The van der Waals surface area contributed by atoms with Crippen molar-refractivity contribution < 1.29 is 23.5 Å². The molecule has 2 atom stereocenters. The predicted octanol–water partition coefficient (Wildman–Crippen LogP) is 4.19. The molecule has 0 bridgehead atoms. The van der Waals surface area contributed by atoms with E-state index in [4.69, 9.17) is 15.2 Å². The minimum Gasteiger partial charge on any atom is -0.489 e. The summed E-state index contributed by atoms with van der Waals surface area (Å²) in [5.74, 6) is -0.0785. The number of halogens is 1. The van der Waals surface area contributed by atoms with Gasteiger partial charge in [-0.1, -0.05) is 44.2 Å². The van der Waals surface area contributed by atoms with Gasteiger partial charge < -0.3 is 15.2 Å². The third-order valence-corrected chi connectivity index (χ3v) is 5.08. The summed E-state index contributed by atoms with van der Waals surface area (Å²) in [4.78, 5) is 25.9. The number of hydrogen-bond acceptors (Lipinski definition) is 4. The lowest BCUT2D eigenvalue weighted by Gasteiger charge is -2.28. The Labute approximate surface area is 175 Å². The normalized spacial score (nSPS) is 18.5. The Morgan fingerprint density at radius 1 is 1.13 bits per heavy atom. The van der Waals surface area contributed by atoms with Gasteiger partial charge in [-0.2, -0.15) is 0 Å². The second-order valence-electron chi connectivity index (χ2n) is 7.84. The molecule has 2 amide bonds. The summed E-state index contributed by atoms with van der Waals surface area (Å²) in [6, 6.07) is 12.7. The van der Waals surface area contributed by atoms with Crippen molar-refractivity contribution in [2.75, 3.05) is 6.61 Å². The first-order valence-electron chi connectivity index (χ1n) is 10.1. The minimum atomic E-state index is -0.688. The van der Waals surface area contributed by atoms with E-state index in [1.165, 1.54) is 11.0 Å². The van der Waals surface area contributed by atoms with Gasteiger partial charge in [0.25, 0.3) is 0 Å². The van der Waals surface area contributed by atoms with Crippen LogP contribution < -0.4 is 10.5 Å².